The summed E-state index contributed by atoms with van der Waals surface area (Å²) in [6.45, 7) is 1.73. The van der Waals surface area contributed by atoms with E-state index in [1.807, 2.05) is 12.3 Å². The van der Waals surface area contributed by atoms with E-state index in [9.17, 15) is 0 Å². The maximum Gasteiger partial charge on any atom is 0.0683 e. The van der Waals surface area contributed by atoms with Crippen molar-refractivity contribution < 1.29 is 0 Å². The smallest absolute Gasteiger partial charge is 0.0683 e. The molecule has 1 atom stereocenters. The first-order chi connectivity index (χ1) is 5.92. The highest BCUT2D eigenvalue weighted by atomic mass is 15.0. The quantitative estimate of drug-likeness (QED) is 0.682. The van der Waals surface area contributed by atoms with Crippen molar-refractivity contribution in [3.63, 3.8) is 0 Å². The van der Waals surface area contributed by atoms with E-state index in [1.54, 1.807) is 0 Å². The Morgan fingerprint density at radius 2 is 2.58 bits per heavy atom. The van der Waals surface area contributed by atoms with Gasteiger partial charge in [0.2, 0.25) is 0 Å². The summed E-state index contributed by atoms with van der Waals surface area (Å²) < 4.78 is 0. The molecule has 0 saturated carbocycles. The molecule has 0 radical (unpaired) electrons. The average molecular weight is 163 g/mol. The van der Waals surface area contributed by atoms with Crippen molar-refractivity contribution in [1.82, 2.24) is 4.98 Å². The summed E-state index contributed by atoms with van der Waals surface area (Å²) in [5.41, 5.74) is 7.87. The fourth-order valence-corrected chi connectivity index (χ4v) is 1.66. The summed E-state index contributed by atoms with van der Waals surface area (Å²) in [5, 5.41) is 3.32. The second-order valence-corrected chi connectivity index (χ2v) is 3.09. The van der Waals surface area contributed by atoms with Crippen LogP contribution < -0.4 is 11.1 Å². The van der Waals surface area contributed by atoms with Crippen molar-refractivity contribution in [3.05, 3.63) is 24.0 Å². The molecule has 3 heteroatoms. The molecule has 0 aliphatic carbocycles. The van der Waals surface area contributed by atoms with Crippen molar-refractivity contribution in [2.24, 2.45) is 5.73 Å². The Balaban J connectivity index is 2.24. The summed E-state index contributed by atoms with van der Waals surface area (Å²) in [7, 11) is 0. The third kappa shape index (κ3) is 1.16. The Kier molecular flexibility index (Phi) is 1.96. The van der Waals surface area contributed by atoms with Crippen molar-refractivity contribution in [3.8, 4) is 0 Å². The predicted octanol–water partition coefficient (Wildman–Crippen LogP) is 0.939. The molecule has 0 amide bonds. The number of pyridine rings is 1. The Bertz CT molecular complexity index is 270. The van der Waals surface area contributed by atoms with Gasteiger partial charge in [0.15, 0.2) is 0 Å². The van der Waals surface area contributed by atoms with Crippen LogP contribution in [0.3, 0.4) is 0 Å². The molecule has 0 spiro atoms. The molecule has 1 unspecified atom stereocenters. The highest BCUT2D eigenvalue weighted by Gasteiger charge is 2.21. The number of anilines is 1. The van der Waals surface area contributed by atoms with Crippen LogP contribution in [-0.2, 0) is 0 Å². The lowest BCUT2D eigenvalue weighted by Crippen LogP contribution is -2.09. The highest BCUT2D eigenvalue weighted by molar-refractivity contribution is 5.53. The molecule has 1 aromatic heterocycles. The third-order valence-corrected chi connectivity index (χ3v) is 2.28. The van der Waals surface area contributed by atoms with E-state index >= 15 is 0 Å². The fraction of sp³-hybridized carbons (Fsp3) is 0.444. The number of nitrogens with zero attached hydrogens (tertiary/aromatic N) is 1. The first-order valence-corrected chi connectivity index (χ1v) is 4.30. The number of hydrogen-bond donors (Lipinski definition) is 2. The lowest BCUT2D eigenvalue weighted by molar-refractivity contribution is 0.670. The topological polar surface area (TPSA) is 50.9 Å². The van der Waals surface area contributed by atoms with Crippen LogP contribution in [0.15, 0.2) is 18.3 Å². The largest absolute Gasteiger partial charge is 0.383 e. The van der Waals surface area contributed by atoms with Crippen LogP contribution in [0, 0.1) is 0 Å². The number of aromatic nitrogens is 1. The van der Waals surface area contributed by atoms with Crippen molar-refractivity contribution in [2.45, 2.75) is 12.3 Å². The van der Waals surface area contributed by atoms with Crippen LogP contribution in [0.1, 0.15) is 18.0 Å². The van der Waals surface area contributed by atoms with Gasteiger partial charge >= 0.3 is 0 Å². The number of rotatable bonds is 2. The maximum atomic E-state index is 5.51. The second-order valence-electron chi connectivity index (χ2n) is 3.09. The van der Waals surface area contributed by atoms with E-state index < -0.39 is 0 Å². The summed E-state index contributed by atoms with van der Waals surface area (Å²) in [6.07, 6.45) is 2.87. The minimum absolute atomic E-state index is 0.520. The average Bonchev–Trinajstić information content (AvgIpc) is 2.50. The van der Waals surface area contributed by atoms with Crippen molar-refractivity contribution in [1.29, 1.82) is 0 Å². The number of hydrogen-bond acceptors (Lipinski definition) is 3. The first-order valence-electron chi connectivity index (χ1n) is 4.30. The van der Waals surface area contributed by atoms with Gasteiger partial charge in [-0.3, -0.25) is 4.98 Å². The first kappa shape index (κ1) is 7.55. The van der Waals surface area contributed by atoms with E-state index in [1.165, 1.54) is 11.4 Å². The molecule has 0 aromatic carbocycles. The molecule has 1 aromatic rings. The van der Waals surface area contributed by atoms with Crippen LogP contribution in [0.25, 0.3) is 0 Å². The van der Waals surface area contributed by atoms with Gasteiger partial charge in [0, 0.05) is 18.7 Å². The van der Waals surface area contributed by atoms with Gasteiger partial charge in [0.25, 0.3) is 0 Å². The zero-order valence-corrected chi connectivity index (χ0v) is 6.96. The van der Waals surface area contributed by atoms with Crippen LogP contribution in [0.2, 0.25) is 0 Å². The molecule has 1 aliphatic heterocycles. The van der Waals surface area contributed by atoms with E-state index in [0.717, 1.165) is 19.5 Å². The standard InChI is InChI=1S/C9H13N3/c10-4-3-7-6-12-8-2-1-5-11-9(7)8/h1-2,5,7,12H,3-4,6,10H2. The molecule has 0 fully saturated rings. The molecular formula is C9H13N3. The number of nitrogens with one attached hydrogen (secondary N) is 1. The Morgan fingerprint density at radius 1 is 1.67 bits per heavy atom. The van der Waals surface area contributed by atoms with Gasteiger partial charge in [-0.1, -0.05) is 0 Å². The van der Waals surface area contributed by atoms with Gasteiger partial charge in [0.05, 0.1) is 11.4 Å². The number of fused-ring (bicyclic) bond motifs is 1. The van der Waals surface area contributed by atoms with Gasteiger partial charge < -0.3 is 11.1 Å². The van der Waals surface area contributed by atoms with Crippen LogP contribution >= 0.6 is 0 Å². The van der Waals surface area contributed by atoms with Crippen LogP contribution in [-0.4, -0.2) is 18.1 Å². The third-order valence-electron chi connectivity index (χ3n) is 2.28. The molecule has 64 valence electrons. The molecule has 0 saturated heterocycles. The molecule has 3 N–H and O–H groups in total. The predicted molar refractivity (Wildman–Crippen MR) is 49.1 cm³/mol. The van der Waals surface area contributed by atoms with Gasteiger partial charge in [-0.15, -0.1) is 0 Å². The van der Waals surface area contributed by atoms with Crippen molar-refractivity contribution in [2.75, 3.05) is 18.4 Å². The fourth-order valence-electron chi connectivity index (χ4n) is 1.66. The van der Waals surface area contributed by atoms with Crippen molar-refractivity contribution >= 4 is 5.69 Å². The van der Waals surface area contributed by atoms with E-state index in [0.29, 0.717) is 5.92 Å². The maximum absolute atomic E-state index is 5.51. The summed E-state index contributed by atoms with van der Waals surface area (Å²) in [6, 6.07) is 4.02. The summed E-state index contributed by atoms with van der Waals surface area (Å²) in [5.74, 6) is 0.520. The molecule has 1 aliphatic rings. The zero-order chi connectivity index (χ0) is 8.39. The summed E-state index contributed by atoms with van der Waals surface area (Å²) >= 11 is 0. The number of nitrogens with two attached hydrogens (primary N) is 1. The van der Waals surface area contributed by atoms with Crippen LogP contribution in [0.5, 0.6) is 0 Å². The highest BCUT2D eigenvalue weighted by Crippen LogP contribution is 2.30. The zero-order valence-electron chi connectivity index (χ0n) is 6.96. The second kappa shape index (κ2) is 3.11. The molecule has 12 heavy (non-hydrogen) atoms. The molecule has 0 bridgehead atoms. The lowest BCUT2D eigenvalue weighted by atomic mass is 10.0. The summed E-state index contributed by atoms with van der Waals surface area (Å²) in [4.78, 5) is 4.34. The normalized spacial score (nSPS) is 20.2. The van der Waals surface area contributed by atoms with Gasteiger partial charge in [0.1, 0.15) is 0 Å². The Morgan fingerprint density at radius 3 is 3.42 bits per heavy atom. The Labute approximate surface area is 72.0 Å². The van der Waals surface area contributed by atoms with E-state index in [4.69, 9.17) is 5.73 Å². The molecule has 3 nitrogen and oxygen atoms in total. The van der Waals surface area contributed by atoms with Gasteiger partial charge in [-0.25, -0.2) is 0 Å². The Hall–Kier alpha value is -1.09. The van der Waals surface area contributed by atoms with Gasteiger partial charge in [-0.2, -0.15) is 0 Å². The van der Waals surface area contributed by atoms with E-state index in [2.05, 4.69) is 16.4 Å². The van der Waals surface area contributed by atoms with E-state index in [-0.39, 0.29) is 0 Å². The van der Waals surface area contributed by atoms with Gasteiger partial charge in [-0.05, 0) is 25.1 Å². The lowest BCUT2D eigenvalue weighted by Gasteiger charge is -2.05. The minimum Gasteiger partial charge on any atom is -0.383 e. The monoisotopic (exact) mass is 163 g/mol. The minimum atomic E-state index is 0.520. The molecular weight excluding hydrogens is 150 g/mol. The molecule has 2 heterocycles. The molecule has 2 rings (SSSR count). The van der Waals surface area contributed by atoms with Crippen LogP contribution in [0.4, 0.5) is 5.69 Å². The SMILES string of the molecule is NCCC1CNc2cccnc21.